The van der Waals surface area contributed by atoms with Gasteiger partial charge in [0.2, 0.25) is 5.91 Å². The minimum Gasteiger partial charge on any atom is -0.462 e. The van der Waals surface area contributed by atoms with Gasteiger partial charge < -0.3 is 19.4 Å². The first kappa shape index (κ1) is 22.0. The lowest BCUT2D eigenvalue weighted by Gasteiger charge is -2.12. The predicted molar refractivity (Wildman–Crippen MR) is 116 cm³/mol. The van der Waals surface area contributed by atoms with E-state index in [2.05, 4.69) is 10.3 Å². The molecule has 8 heteroatoms. The Balaban J connectivity index is 1.88. The number of esters is 2. The predicted octanol–water partition coefficient (Wildman–Crippen LogP) is 3.59. The number of imidazole rings is 1. The monoisotopic (exact) mass is 423 g/mol. The molecule has 1 heterocycles. The molecule has 1 amide bonds. The molecule has 0 unspecified atom stereocenters. The molecule has 3 aromatic rings. The lowest BCUT2D eigenvalue weighted by Crippen LogP contribution is -2.21. The molecule has 0 aliphatic rings. The van der Waals surface area contributed by atoms with Crippen LogP contribution in [0.15, 0.2) is 42.5 Å². The topological polar surface area (TPSA) is 99.5 Å². The number of rotatable bonds is 8. The van der Waals surface area contributed by atoms with Crippen LogP contribution in [0, 0.1) is 0 Å². The molecule has 0 fully saturated rings. The maximum atomic E-state index is 12.8. The van der Waals surface area contributed by atoms with Crippen molar-refractivity contribution in [3.63, 3.8) is 0 Å². The standard InChI is InChI=1S/C23H25N3O5/c1-4-20-25-18-9-7-8-10-19(18)26(20)14-21(27)24-17-12-15(22(28)30-5-2)11-16(13-17)23(29)31-6-3/h7-13H,4-6,14H2,1-3H3,(H,24,27). The molecule has 3 rings (SSSR count). The number of nitrogens with one attached hydrogen (secondary N) is 1. The number of aryl methyl sites for hydroxylation is 1. The number of nitrogens with zero attached hydrogens (tertiary/aromatic N) is 2. The molecule has 0 aliphatic carbocycles. The Morgan fingerprint density at radius 2 is 1.55 bits per heavy atom. The van der Waals surface area contributed by atoms with E-state index in [4.69, 9.17) is 9.47 Å². The third-order valence-corrected chi connectivity index (χ3v) is 4.59. The van der Waals surface area contributed by atoms with Gasteiger partial charge >= 0.3 is 11.9 Å². The minimum atomic E-state index is -0.585. The van der Waals surface area contributed by atoms with Crippen molar-refractivity contribution in [3.8, 4) is 0 Å². The highest BCUT2D eigenvalue weighted by atomic mass is 16.5. The summed E-state index contributed by atoms with van der Waals surface area (Å²) in [4.78, 5) is 41.8. The third-order valence-electron chi connectivity index (χ3n) is 4.59. The average Bonchev–Trinajstić information content (AvgIpc) is 3.11. The second-order valence-electron chi connectivity index (χ2n) is 6.74. The van der Waals surface area contributed by atoms with Gasteiger partial charge in [-0.25, -0.2) is 14.6 Å². The summed E-state index contributed by atoms with van der Waals surface area (Å²) in [6.07, 6.45) is 0.674. The highest BCUT2D eigenvalue weighted by Gasteiger charge is 2.17. The van der Waals surface area contributed by atoms with E-state index in [0.29, 0.717) is 12.1 Å². The summed E-state index contributed by atoms with van der Waals surface area (Å²) in [5.41, 5.74) is 2.30. The van der Waals surface area contributed by atoms with Crippen molar-refractivity contribution in [3.05, 3.63) is 59.4 Å². The van der Waals surface area contributed by atoms with Gasteiger partial charge in [0.25, 0.3) is 0 Å². The lowest BCUT2D eigenvalue weighted by molar-refractivity contribution is -0.116. The number of hydrogen-bond donors (Lipinski definition) is 1. The number of amides is 1. The Morgan fingerprint density at radius 3 is 2.13 bits per heavy atom. The fourth-order valence-electron chi connectivity index (χ4n) is 3.28. The van der Waals surface area contributed by atoms with E-state index in [9.17, 15) is 14.4 Å². The van der Waals surface area contributed by atoms with Gasteiger partial charge in [0.05, 0.1) is 35.4 Å². The first-order valence-electron chi connectivity index (χ1n) is 10.2. The van der Waals surface area contributed by atoms with Crippen LogP contribution in [0.1, 0.15) is 47.3 Å². The molecule has 0 aliphatic heterocycles. The quantitative estimate of drug-likeness (QED) is 0.556. The summed E-state index contributed by atoms with van der Waals surface area (Å²) in [6, 6.07) is 12.0. The Morgan fingerprint density at radius 1 is 0.935 bits per heavy atom. The van der Waals surface area contributed by atoms with Crippen LogP contribution in [-0.4, -0.2) is 40.6 Å². The fraction of sp³-hybridized carbons (Fsp3) is 0.304. The van der Waals surface area contributed by atoms with E-state index < -0.39 is 11.9 Å². The lowest BCUT2D eigenvalue weighted by atomic mass is 10.1. The fourth-order valence-corrected chi connectivity index (χ4v) is 3.28. The van der Waals surface area contributed by atoms with Crippen LogP contribution in [0.2, 0.25) is 0 Å². The molecule has 0 atom stereocenters. The van der Waals surface area contributed by atoms with Crippen LogP contribution in [0.3, 0.4) is 0 Å². The highest BCUT2D eigenvalue weighted by Crippen LogP contribution is 2.19. The first-order chi connectivity index (χ1) is 15.0. The van der Waals surface area contributed by atoms with E-state index in [1.165, 1.54) is 18.2 Å². The molecular formula is C23H25N3O5. The van der Waals surface area contributed by atoms with Crippen molar-refractivity contribution < 1.29 is 23.9 Å². The van der Waals surface area contributed by atoms with Crippen LogP contribution in [0.5, 0.6) is 0 Å². The molecule has 1 aromatic heterocycles. The highest BCUT2D eigenvalue weighted by molar-refractivity contribution is 5.99. The van der Waals surface area contributed by atoms with E-state index in [-0.39, 0.29) is 36.8 Å². The number of fused-ring (bicyclic) bond motifs is 1. The normalized spacial score (nSPS) is 10.7. The molecule has 0 radical (unpaired) electrons. The molecular weight excluding hydrogens is 398 g/mol. The van der Waals surface area contributed by atoms with Crippen LogP contribution in [0.25, 0.3) is 11.0 Å². The van der Waals surface area contributed by atoms with Crippen molar-refractivity contribution in [2.45, 2.75) is 33.7 Å². The van der Waals surface area contributed by atoms with Crippen molar-refractivity contribution >= 4 is 34.6 Å². The first-order valence-corrected chi connectivity index (χ1v) is 10.2. The number of para-hydroxylation sites is 2. The Kier molecular flexibility index (Phi) is 7.02. The number of carbonyl (C=O) groups is 3. The van der Waals surface area contributed by atoms with Crippen molar-refractivity contribution in [2.75, 3.05) is 18.5 Å². The molecule has 2 aromatic carbocycles. The number of carbonyl (C=O) groups excluding carboxylic acids is 3. The molecule has 162 valence electrons. The Labute approximate surface area is 180 Å². The summed E-state index contributed by atoms with van der Waals surface area (Å²) < 4.78 is 11.9. The van der Waals surface area contributed by atoms with Crippen LogP contribution >= 0.6 is 0 Å². The Bertz CT molecular complexity index is 1080. The van der Waals surface area contributed by atoms with Crippen LogP contribution in [0.4, 0.5) is 5.69 Å². The maximum Gasteiger partial charge on any atom is 0.338 e. The van der Waals surface area contributed by atoms with E-state index in [1.807, 2.05) is 35.8 Å². The molecule has 0 saturated carbocycles. The van der Waals surface area contributed by atoms with Crippen LogP contribution in [-0.2, 0) is 27.2 Å². The molecule has 0 bridgehead atoms. The molecule has 0 spiro atoms. The van der Waals surface area contributed by atoms with Crippen molar-refractivity contribution in [1.82, 2.24) is 9.55 Å². The zero-order chi connectivity index (χ0) is 22.4. The Hall–Kier alpha value is -3.68. The number of hydrogen-bond acceptors (Lipinski definition) is 6. The SMILES string of the molecule is CCOC(=O)c1cc(NC(=O)Cn2c(CC)nc3ccccc32)cc(C(=O)OCC)c1. The number of aromatic nitrogens is 2. The summed E-state index contributed by atoms with van der Waals surface area (Å²) in [6.45, 7) is 5.79. The zero-order valence-corrected chi connectivity index (χ0v) is 17.8. The smallest absolute Gasteiger partial charge is 0.338 e. The maximum absolute atomic E-state index is 12.8. The average molecular weight is 423 g/mol. The van der Waals surface area contributed by atoms with Gasteiger partial charge in [0.1, 0.15) is 12.4 Å². The van der Waals surface area contributed by atoms with Gasteiger partial charge in [0.15, 0.2) is 0 Å². The summed E-state index contributed by atoms with van der Waals surface area (Å²) in [5.74, 6) is -0.687. The van der Waals surface area contributed by atoms with Crippen LogP contribution < -0.4 is 5.32 Å². The minimum absolute atomic E-state index is 0.0437. The summed E-state index contributed by atoms with van der Waals surface area (Å²) in [5, 5.41) is 2.77. The van der Waals surface area contributed by atoms with E-state index >= 15 is 0 Å². The number of ether oxygens (including phenoxy) is 2. The number of benzene rings is 2. The molecule has 0 saturated heterocycles. The second kappa shape index (κ2) is 9.88. The second-order valence-corrected chi connectivity index (χ2v) is 6.74. The summed E-state index contributed by atoms with van der Waals surface area (Å²) >= 11 is 0. The van der Waals surface area contributed by atoms with Gasteiger partial charge in [-0.15, -0.1) is 0 Å². The molecule has 8 nitrogen and oxygen atoms in total. The summed E-state index contributed by atoms with van der Waals surface area (Å²) in [7, 11) is 0. The van der Waals surface area contributed by atoms with Gasteiger partial charge in [-0.05, 0) is 44.2 Å². The zero-order valence-electron chi connectivity index (χ0n) is 17.8. The van der Waals surface area contributed by atoms with E-state index in [1.54, 1.807) is 13.8 Å². The van der Waals surface area contributed by atoms with E-state index in [0.717, 1.165) is 16.9 Å². The van der Waals surface area contributed by atoms with Gasteiger partial charge in [-0.1, -0.05) is 19.1 Å². The van der Waals surface area contributed by atoms with Gasteiger partial charge in [-0.2, -0.15) is 0 Å². The van der Waals surface area contributed by atoms with Gasteiger partial charge in [-0.3, -0.25) is 4.79 Å². The third kappa shape index (κ3) is 5.09. The van der Waals surface area contributed by atoms with Gasteiger partial charge in [0, 0.05) is 12.1 Å². The molecule has 1 N–H and O–H groups in total. The number of anilines is 1. The molecule has 31 heavy (non-hydrogen) atoms. The van der Waals surface area contributed by atoms with Crippen molar-refractivity contribution in [1.29, 1.82) is 0 Å². The van der Waals surface area contributed by atoms with Crippen molar-refractivity contribution in [2.24, 2.45) is 0 Å². The largest absolute Gasteiger partial charge is 0.462 e.